The van der Waals surface area contributed by atoms with Crippen molar-refractivity contribution in [2.24, 2.45) is 11.7 Å². The fourth-order valence-electron chi connectivity index (χ4n) is 2.39. The molecule has 2 aliphatic rings. The van der Waals surface area contributed by atoms with Gasteiger partial charge in [-0.05, 0) is 68.6 Å². The second-order valence-electron chi connectivity index (χ2n) is 6.29. The molecule has 1 aromatic carbocycles. The van der Waals surface area contributed by atoms with Crippen molar-refractivity contribution in [3.63, 3.8) is 0 Å². The maximum atomic E-state index is 6.25. The Bertz CT molecular complexity index is 458. The van der Waals surface area contributed by atoms with Crippen molar-refractivity contribution in [3.8, 4) is 5.75 Å². The molecular weight excluding hydrogens is 222 g/mol. The Morgan fingerprint density at radius 1 is 1.28 bits per heavy atom. The van der Waals surface area contributed by atoms with Crippen LogP contribution in [-0.4, -0.2) is 12.1 Å². The summed E-state index contributed by atoms with van der Waals surface area (Å²) in [5.74, 6) is 1.91. The highest BCUT2D eigenvalue weighted by atomic mass is 16.5. The van der Waals surface area contributed by atoms with Gasteiger partial charge in [0, 0.05) is 5.54 Å². The molecule has 0 bridgehead atoms. The zero-order valence-corrected chi connectivity index (χ0v) is 11.5. The third kappa shape index (κ3) is 2.54. The van der Waals surface area contributed by atoms with E-state index < -0.39 is 0 Å². The van der Waals surface area contributed by atoms with Gasteiger partial charge in [0.05, 0.1) is 6.61 Å². The lowest BCUT2D eigenvalue weighted by molar-refractivity contribution is 0.294. The van der Waals surface area contributed by atoms with Crippen molar-refractivity contribution in [2.75, 3.05) is 6.61 Å². The largest absolute Gasteiger partial charge is 0.493 e. The van der Waals surface area contributed by atoms with E-state index in [1.807, 2.05) is 0 Å². The molecule has 0 unspecified atom stereocenters. The molecule has 0 heterocycles. The van der Waals surface area contributed by atoms with E-state index in [0.717, 1.165) is 37.5 Å². The molecule has 1 aromatic rings. The van der Waals surface area contributed by atoms with Gasteiger partial charge in [-0.15, -0.1) is 0 Å². The van der Waals surface area contributed by atoms with E-state index >= 15 is 0 Å². The average molecular weight is 245 g/mol. The zero-order chi connectivity index (χ0) is 12.8. The topological polar surface area (TPSA) is 35.2 Å². The molecule has 2 fully saturated rings. The number of benzene rings is 1. The summed E-state index contributed by atoms with van der Waals surface area (Å²) in [6.45, 7) is 5.20. The van der Waals surface area contributed by atoms with Gasteiger partial charge in [0.2, 0.25) is 0 Å². The van der Waals surface area contributed by atoms with Crippen molar-refractivity contribution in [1.82, 2.24) is 0 Å². The first-order chi connectivity index (χ1) is 8.57. The van der Waals surface area contributed by atoms with Crippen LogP contribution in [0.15, 0.2) is 12.1 Å². The maximum absolute atomic E-state index is 6.25. The van der Waals surface area contributed by atoms with Gasteiger partial charge in [-0.1, -0.05) is 12.1 Å². The van der Waals surface area contributed by atoms with E-state index in [-0.39, 0.29) is 5.54 Å². The Kier molecular flexibility index (Phi) is 2.86. The van der Waals surface area contributed by atoms with E-state index in [0.29, 0.717) is 0 Å². The van der Waals surface area contributed by atoms with Crippen LogP contribution in [0.3, 0.4) is 0 Å². The quantitative estimate of drug-likeness (QED) is 0.865. The molecule has 0 spiro atoms. The molecule has 0 aliphatic heterocycles. The molecule has 3 rings (SSSR count). The maximum Gasteiger partial charge on any atom is 0.125 e. The fraction of sp³-hybridized carbons (Fsp3) is 0.625. The highest BCUT2D eigenvalue weighted by molar-refractivity contribution is 5.46. The van der Waals surface area contributed by atoms with Crippen LogP contribution in [0.5, 0.6) is 5.75 Å². The molecule has 0 saturated heterocycles. The number of nitrogens with two attached hydrogens (primary N) is 1. The Morgan fingerprint density at radius 2 is 2.00 bits per heavy atom. The normalized spacial score (nSPS) is 20.8. The first kappa shape index (κ1) is 12.0. The van der Waals surface area contributed by atoms with Crippen LogP contribution >= 0.6 is 0 Å². The molecule has 2 saturated carbocycles. The number of hydrogen-bond acceptors (Lipinski definition) is 2. The molecule has 0 atom stereocenters. The monoisotopic (exact) mass is 245 g/mol. The first-order valence-electron chi connectivity index (χ1n) is 7.08. The SMILES string of the molecule is Cc1ccc(CC2(N)CC2)c(OCC2CC2)c1C. The summed E-state index contributed by atoms with van der Waals surface area (Å²) in [6, 6.07) is 4.40. The third-order valence-corrected chi connectivity index (χ3v) is 4.35. The summed E-state index contributed by atoms with van der Waals surface area (Å²) in [5, 5.41) is 0. The summed E-state index contributed by atoms with van der Waals surface area (Å²) < 4.78 is 6.09. The number of aryl methyl sites for hydroxylation is 1. The minimum absolute atomic E-state index is 0.0549. The smallest absolute Gasteiger partial charge is 0.125 e. The van der Waals surface area contributed by atoms with Crippen molar-refractivity contribution in [1.29, 1.82) is 0 Å². The van der Waals surface area contributed by atoms with Gasteiger partial charge < -0.3 is 10.5 Å². The van der Waals surface area contributed by atoms with Crippen LogP contribution in [0.4, 0.5) is 0 Å². The van der Waals surface area contributed by atoms with E-state index in [1.54, 1.807) is 0 Å². The second-order valence-corrected chi connectivity index (χ2v) is 6.29. The van der Waals surface area contributed by atoms with Crippen molar-refractivity contribution >= 4 is 0 Å². The molecule has 2 nitrogen and oxygen atoms in total. The molecule has 2 aliphatic carbocycles. The van der Waals surface area contributed by atoms with Crippen LogP contribution in [0.1, 0.15) is 42.4 Å². The molecule has 0 aromatic heterocycles. The molecule has 2 heteroatoms. The predicted octanol–water partition coefficient (Wildman–Crippen LogP) is 3.13. The lowest BCUT2D eigenvalue weighted by atomic mass is 9.98. The van der Waals surface area contributed by atoms with E-state index in [4.69, 9.17) is 10.5 Å². The van der Waals surface area contributed by atoms with Crippen LogP contribution < -0.4 is 10.5 Å². The lowest BCUT2D eigenvalue weighted by Crippen LogP contribution is -2.25. The number of rotatable bonds is 5. The molecule has 0 amide bonds. The van der Waals surface area contributed by atoms with Crippen LogP contribution in [0, 0.1) is 19.8 Å². The van der Waals surface area contributed by atoms with Gasteiger partial charge in [-0.25, -0.2) is 0 Å². The van der Waals surface area contributed by atoms with Crippen molar-refractivity contribution in [2.45, 2.75) is 51.5 Å². The Hall–Kier alpha value is -1.02. The lowest BCUT2D eigenvalue weighted by Gasteiger charge is -2.18. The van der Waals surface area contributed by atoms with Crippen molar-refractivity contribution in [3.05, 3.63) is 28.8 Å². The summed E-state index contributed by atoms with van der Waals surface area (Å²) >= 11 is 0. The van der Waals surface area contributed by atoms with Crippen LogP contribution in [0.2, 0.25) is 0 Å². The average Bonchev–Trinajstić information content (AvgIpc) is 3.22. The van der Waals surface area contributed by atoms with Crippen molar-refractivity contribution < 1.29 is 4.74 Å². The van der Waals surface area contributed by atoms with E-state index in [9.17, 15) is 0 Å². The Balaban J connectivity index is 1.82. The Labute approximate surface area is 110 Å². The summed E-state index contributed by atoms with van der Waals surface area (Å²) in [5.41, 5.74) is 10.2. The molecule has 98 valence electrons. The highest BCUT2D eigenvalue weighted by Crippen LogP contribution is 2.39. The summed E-state index contributed by atoms with van der Waals surface area (Å²) in [6.07, 6.45) is 5.94. The second kappa shape index (κ2) is 4.27. The molecular formula is C16H23NO. The predicted molar refractivity (Wildman–Crippen MR) is 74.0 cm³/mol. The van der Waals surface area contributed by atoms with Gasteiger partial charge in [0.1, 0.15) is 5.75 Å². The van der Waals surface area contributed by atoms with Crippen LogP contribution in [0.25, 0.3) is 0 Å². The van der Waals surface area contributed by atoms with Gasteiger partial charge in [0.15, 0.2) is 0 Å². The first-order valence-corrected chi connectivity index (χ1v) is 7.08. The minimum atomic E-state index is 0.0549. The minimum Gasteiger partial charge on any atom is -0.493 e. The van der Waals surface area contributed by atoms with E-state index in [1.165, 1.54) is 29.5 Å². The molecule has 2 N–H and O–H groups in total. The molecule has 18 heavy (non-hydrogen) atoms. The van der Waals surface area contributed by atoms with E-state index in [2.05, 4.69) is 26.0 Å². The van der Waals surface area contributed by atoms with Gasteiger partial charge in [-0.3, -0.25) is 0 Å². The van der Waals surface area contributed by atoms with Gasteiger partial charge >= 0.3 is 0 Å². The third-order valence-electron chi connectivity index (χ3n) is 4.35. The van der Waals surface area contributed by atoms with Crippen LogP contribution in [-0.2, 0) is 6.42 Å². The van der Waals surface area contributed by atoms with Gasteiger partial charge in [-0.2, -0.15) is 0 Å². The highest BCUT2D eigenvalue weighted by Gasteiger charge is 2.39. The number of ether oxygens (including phenoxy) is 1. The standard InChI is InChI=1S/C16H23NO/c1-11-3-6-14(9-16(17)7-8-16)15(12(11)2)18-10-13-4-5-13/h3,6,13H,4-5,7-10,17H2,1-2H3. The zero-order valence-electron chi connectivity index (χ0n) is 11.5. The summed E-state index contributed by atoms with van der Waals surface area (Å²) in [7, 11) is 0. The molecule has 0 radical (unpaired) electrons. The summed E-state index contributed by atoms with van der Waals surface area (Å²) in [4.78, 5) is 0. The van der Waals surface area contributed by atoms with Gasteiger partial charge in [0.25, 0.3) is 0 Å². The fourth-order valence-corrected chi connectivity index (χ4v) is 2.39. The number of hydrogen-bond donors (Lipinski definition) is 1. The Morgan fingerprint density at radius 3 is 2.61 bits per heavy atom.